The van der Waals surface area contributed by atoms with Gasteiger partial charge in [-0.2, -0.15) is 18.2 Å². The van der Waals surface area contributed by atoms with Crippen LogP contribution in [0.4, 0.5) is 13.2 Å². The van der Waals surface area contributed by atoms with Gasteiger partial charge in [-0.05, 0) is 6.92 Å². The van der Waals surface area contributed by atoms with Gasteiger partial charge in [-0.15, -0.1) is 0 Å². The zero-order chi connectivity index (χ0) is 10.8. The maximum absolute atomic E-state index is 11.9. The second-order valence-corrected chi connectivity index (χ2v) is 3.08. The summed E-state index contributed by atoms with van der Waals surface area (Å²) in [5, 5.41) is 3.19. The van der Waals surface area contributed by atoms with Crippen LogP contribution in [-0.2, 0) is 12.8 Å². The van der Waals surface area contributed by atoms with Gasteiger partial charge in [-0.25, -0.2) is 0 Å². The first kappa shape index (κ1) is 11.0. The van der Waals surface area contributed by atoms with E-state index in [1.807, 2.05) is 0 Å². The Balaban J connectivity index is 2.60. The monoisotopic (exact) mass is 209 g/mol. The molecule has 1 aromatic heterocycles. The maximum Gasteiger partial charge on any atom is 0.396 e. The standard InChI is InChI=1S/C7H10F3N3O/c1-4(11)2-6-12-5(13-14-6)3-7(8,9)10/h4H,2-3,11H2,1H3. The Morgan fingerprint density at radius 2 is 2.14 bits per heavy atom. The van der Waals surface area contributed by atoms with Gasteiger partial charge in [0.15, 0.2) is 5.82 Å². The van der Waals surface area contributed by atoms with E-state index >= 15 is 0 Å². The third-order valence-electron chi connectivity index (χ3n) is 1.37. The van der Waals surface area contributed by atoms with Crippen molar-refractivity contribution < 1.29 is 17.7 Å². The molecular weight excluding hydrogens is 199 g/mol. The normalized spacial score (nSPS) is 14.4. The molecule has 1 unspecified atom stereocenters. The minimum Gasteiger partial charge on any atom is -0.339 e. The van der Waals surface area contributed by atoms with Gasteiger partial charge >= 0.3 is 6.18 Å². The molecular formula is C7H10F3N3O. The van der Waals surface area contributed by atoms with E-state index in [0.29, 0.717) is 0 Å². The van der Waals surface area contributed by atoms with Crippen molar-refractivity contribution >= 4 is 0 Å². The fourth-order valence-electron chi connectivity index (χ4n) is 0.900. The molecule has 0 amide bonds. The summed E-state index contributed by atoms with van der Waals surface area (Å²) in [6.45, 7) is 1.70. The summed E-state index contributed by atoms with van der Waals surface area (Å²) >= 11 is 0. The highest BCUT2D eigenvalue weighted by Crippen LogP contribution is 2.19. The van der Waals surface area contributed by atoms with Crippen LogP contribution in [0.2, 0.25) is 0 Å². The molecule has 14 heavy (non-hydrogen) atoms. The average Bonchev–Trinajstić information content (AvgIpc) is 2.30. The Kier molecular flexibility index (Phi) is 3.10. The van der Waals surface area contributed by atoms with Gasteiger partial charge in [0.25, 0.3) is 0 Å². The predicted molar refractivity (Wildman–Crippen MR) is 41.4 cm³/mol. The lowest BCUT2D eigenvalue weighted by Gasteiger charge is -2.00. The van der Waals surface area contributed by atoms with Crippen molar-refractivity contribution in [3.8, 4) is 0 Å². The Bertz CT molecular complexity index is 295. The molecule has 0 saturated carbocycles. The van der Waals surface area contributed by atoms with E-state index < -0.39 is 12.6 Å². The molecule has 0 aliphatic heterocycles. The molecule has 0 bridgehead atoms. The van der Waals surface area contributed by atoms with E-state index in [-0.39, 0.29) is 24.2 Å². The van der Waals surface area contributed by atoms with Gasteiger partial charge < -0.3 is 10.3 Å². The summed E-state index contributed by atoms with van der Waals surface area (Å²) in [6, 6.07) is -0.214. The second-order valence-electron chi connectivity index (χ2n) is 3.08. The third-order valence-corrected chi connectivity index (χ3v) is 1.37. The molecule has 0 aromatic carbocycles. The lowest BCUT2D eigenvalue weighted by atomic mass is 10.2. The Morgan fingerprint density at radius 1 is 1.50 bits per heavy atom. The van der Waals surface area contributed by atoms with Gasteiger partial charge in [0.2, 0.25) is 5.89 Å². The highest BCUT2D eigenvalue weighted by Gasteiger charge is 2.30. The SMILES string of the molecule is CC(N)Cc1nc(CC(F)(F)F)no1. The number of aromatic nitrogens is 2. The highest BCUT2D eigenvalue weighted by atomic mass is 19.4. The van der Waals surface area contributed by atoms with Gasteiger partial charge in [0.05, 0.1) is 0 Å². The Morgan fingerprint density at radius 3 is 2.64 bits per heavy atom. The summed E-state index contributed by atoms with van der Waals surface area (Å²) < 4.78 is 40.2. The molecule has 4 nitrogen and oxygen atoms in total. The van der Waals surface area contributed by atoms with Crippen molar-refractivity contribution in [2.45, 2.75) is 32.0 Å². The van der Waals surface area contributed by atoms with Crippen LogP contribution in [0.25, 0.3) is 0 Å². The lowest BCUT2D eigenvalue weighted by molar-refractivity contribution is -0.128. The Hall–Kier alpha value is -1.11. The molecule has 0 radical (unpaired) electrons. The molecule has 0 spiro atoms. The number of hydrogen-bond acceptors (Lipinski definition) is 4. The minimum atomic E-state index is -4.31. The first-order valence-electron chi connectivity index (χ1n) is 4.00. The van der Waals surface area contributed by atoms with Crippen molar-refractivity contribution in [1.29, 1.82) is 0 Å². The highest BCUT2D eigenvalue weighted by molar-refractivity contribution is 4.90. The maximum atomic E-state index is 11.9. The van der Waals surface area contributed by atoms with Gasteiger partial charge in [-0.3, -0.25) is 0 Å². The Labute approximate surface area is 78.3 Å². The summed E-state index contributed by atoms with van der Waals surface area (Å²) in [5.74, 6) is -0.215. The van der Waals surface area contributed by atoms with E-state index in [0.717, 1.165) is 0 Å². The van der Waals surface area contributed by atoms with Crippen LogP contribution in [0.1, 0.15) is 18.6 Å². The zero-order valence-electron chi connectivity index (χ0n) is 7.51. The first-order valence-corrected chi connectivity index (χ1v) is 4.00. The van der Waals surface area contributed by atoms with Crippen LogP contribution < -0.4 is 5.73 Å². The van der Waals surface area contributed by atoms with Crippen LogP contribution in [0.15, 0.2) is 4.52 Å². The number of nitrogens with two attached hydrogens (primary N) is 1. The molecule has 7 heteroatoms. The molecule has 80 valence electrons. The topological polar surface area (TPSA) is 64.9 Å². The van der Waals surface area contributed by atoms with Crippen LogP contribution >= 0.6 is 0 Å². The largest absolute Gasteiger partial charge is 0.396 e. The van der Waals surface area contributed by atoms with Crippen molar-refractivity contribution in [3.63, 3.8) is 0 Å². The van der Waals surface area contributed by atoms with E-state index in [9.17, 15) is 13.2 Å². The van der Waals surface area contributed by atoms with E-state index in [1.165, 1.54) is 0 Å². The van der Waals surface area contributed by atoms with E-state index in [2.05, 4.69) is 14.7 Å². The lowest BCUT2D eigenvalue weighted by Crippen LogP contribution is -2.18. The first-order chi connectivity index (χ1) is 6.37. The summed E-state index contributed by atoms with van der Waals surface area (Å²) in [7, 11) is 0. The minimum absolute atomic E-state index is 0.138. The molecule has 1 aromatic rings. The van der Waals surface area contributed by atoms with Crippen molar-refractivity contribution in [3.05, 3.63) is 11.7 Å². The molecule has 2 N–H and O–H groups in total. The fraction of sp³-hybridized carbons (Fsp3) is 0.714. The van der Waals surface area contributed by atoms with Crippen molar-refractivity contribution in [2.24, 2.45) is 5.73 Å². The molecule has 0 aliphatic carbocycles. The number of hydrogen-bond donors (Lipinski definition) is 1. The van der Waals surface area contributed by atoms with Gasteiger partial charge in [0.1, 0.15) is 6.42 Å². The third kappa shape index (κ3) is 3.73. The molecule has 0 saturated heterocycles. The summed E-state index contributed by atoms with van der Waals surface area (Å²) in [4.78, 5) is 3.56. The second kappa shape index (κ2) is 3.95. The predicted octanol–water partition coefficient (Wildman–Crippen LogP) is 1.06. The molecule has 0 aliphatic rings. The molecule has 1 rings (SSSR count). The van der Waals surface area contributed by atoms with Crippen molar-refractivity contribution in [1.82, 2.24) is 10.1 Å². The quantitative estimate of drug-likeness (QED) is 0.808. The smallest absolute Gasteiger partial charge is 0.339 e. The zero-order valence-corrected chi connectivity index (χ0v) is 7.51. The van der Waals surface area contributed by atoms with Gasteiger partial charge in [0, 0.05) is 12.5 Å². The molecule has 1 heterocycles. The van der Waals surface area contributed by atoms with E-state index in [4.69, 9.17) is 5.73 Å². The van der Waals surface area contributed by atoms with Crippen LogP contribution in [0, 0.1) is 0 Å². The van der Waals surface area contributed by atoms with E-state index in [1.54, 1.807) is 6.92 Å². The number of nitrogens with zero attached hydrogens (tertiary/aromatic N) is 2. The number of rotatable bonds is 3. The van der Waals surface area contributed by atoms with Gasteiger partial charge in [-0.1, -0.05) is 5.16 Å². The summed E-state index contributed by atoms with van der Waals surface area (Å²) in [6.07, 6.45) is -5.20. The average molecular weight is 209 g/mol. The number of alkyl halides is 3. The van der Waals surface area contributed by atoms with Crippen LogP contribution in [0.5, 0.6) is 0 Å². The molecule has 0 fully saturated rings. The van der Waals surface area contributed by atoms with Crippen LogP contribution in [-0.4, -0.2) is 22.4 Å². The van der Waals surface area contributed by atoms with Crippen molar-refractivity contribution in [2.75, 3.05) is 0 Å². The summed E-state index contributed by atoms with van der Waals surface area (Å²) in [5.41, 5.74) is 5.41. The molecule has 1 atom stereocenters. The number of halogens is 3. The fourth-order valence-corrected chi connectivity index (χ4v) is 0.900. The van der Waals surface area contributed by atoms with Crippen LogP contribution in [0.3, 0.4) is 0 Å².